The van der Waals surface area contributed by atoms with Gasteiger partial charge in [-0.05, 0) is 42.7 Å². The van der Waals surface area contributed by atoms with Gasteiger partial charge in [0.2, 0.25) is 11.8 Å². The summed E-state index contributed by atoms with van der Waals surface area (Å²) >= 11 is 0. The van der Waals surface area contributed by atoms with Gasteiger partial charge >= 0.3 is 6.61 Å². The number of ether oxygens (including phenoxy) is 1. The monoisotopic (exact) mass is 418 g/mol. The molecule has 1 aliphatic rings. The molecule has 2 aromatic heterocycles. The van der Waals surface area contributed by atoms with Gasteiger partial charge in [-0.25, -0.2) is 14.1 Å². The summed E-state index contributed by atoms with van der Waals surface area (Å²) in [5.74, 6) is -1.29. The zero-order valence-electron chi connectivity index (χ0n) is 15.8. The molecule has 0 spiro atoms. The maximum atomic E-state index is 13.4. The van der Waals surface area contributed by atoms with Crippen LogP contribution in [0.4, 0.5) is 19.0 Å². The standard InChI is InChI=1S/C20H17F3N4O3/c1-27-19(30-20(22)23)16(17(26-27)13-5-4-12(21)9-14(13)28)11-6-7-24-15(8-11)25-18(29)10-2-3-10/h4-10,20,28H,2-3H2,1H3,(H,24,25,29). The molecule has 156 valence electrons. The number of nitrogens with one attached hydrogen (secondary N) is 1. The van der Waals surface area contributed by atoms with E-state index in [2.05, 4.69) is 20.1 Å². The van der Waals surface area contributed by atoms with Crippen molar-refractivity contribution in [2.75, 3.05) is 5.32 Å². The lowest BCUT2D eigenvalue weighted by Gasteiger charge is -2.11. The van der Waals surface area contributed by atoms with E-state index in [0.717, 1.165) is 29.7 Å². The molecule has 1 amide bonds. The van der Waals surface area contributed by atoms with E-state index in [1.807, 2.05) is 0 Å². The van der Waals surface area contributed by atoms with Crippen LogP contribution in [0.25, 0.3) is 22.4 Å². The number of nitrogens with zero attached hydrogens (tertiary/aromatic N) is 3. The maximum Gasteiger partial charge on any atom is 0.388 e. The van der Waals surface area contributed by atoms with Crippen LogP contribution in [0.3, 0.4) is 0 Å². The molecule has 30 heavy (non-hydrogen) atoms. The van der Waals surface area contributed by atoms with Crippen molar-refractivity contribution in [2.24, 2.45) is 13.0 Å². The Hall–Kier alpha value is -3.56. The van der Waals surface area contributed by atoms with Crippen molar-refractivity contribution in [3.05, 3.63) is 42.3 Å². The lowest BCUT2D eigenvalue weighted by molar-refractivity contribution is -0.117. The molecule has 0 atom stereocenters. The summed E-state index contributed by atoms with van der Waals surface area (Å²) in [4.78, 5) is 16.1. The predicted octanol–water partition coefficient (Wildman–Crippen LogP) is 3.94. The number of hydrogen-bond donors (Lipinski definition) is 2. The summed E-state index contributed by atoms with van der Waals surface area (Å²) in [6, 6.07) is 6.34. The highest BCUT2D eigenvalue weighted by Gasteiger charge is 2.30. The van der Waals surface area contributed by atoms with Crippen molar-refractivity contribution >= 4 is 11.7 Å². The average Bonchev–Trinajstić information content (AvgIpc) is 3.48. The van der Waals surface area contributed by atoms with E-state index in [-0.39, 0.29) is 40.3 Å². The molecule has 2 heterocycles. The lowest BCUT2D eigenvalue weighted by Crippen LogP contribution is -2.14. The molecule has 2 N–H and O–H groups in total. The highest BCUT2D eigenvalue weighted by molar-refractivity contribution is 5.94. The average molecular weight is 418 g/mol. The van der Waals surface area contributed by atoms with Crippen molar-refractivity contribution in [3.63, 3.8) is 0 Å². The molecule has 1 fully saturated rings. The number of carbonyl (C=O) groups is 1. The fourth-order valence-corrected chi connectivity index (χ4v) is 3.11. The minimum absolute atomic E-state index is 0.0432. The van der Waals surface area contributed by atoms with Gasteiger partial charge in [-0.3, -0.25) is 4.79 Å². The maximum absolute atomic E-state index is 13.4. The molecule has 1 saturated carbocycles. The van der Waals surface area contributed by atoms with E-state index in [1.165, 1.54) is 31.4 Å². The minimum atomic E-state index is -3.12. The molecule has 1 aromatic carbocycles. The molecular formula is C20H17F3N4O3. The summed E-state index contributed by atoms with van der Waals surface area (Å²) in [6.07, 6.45) is 3.04. The molecule has 0 bridgehead atoms. The first-order valence-corrected chi connectivity index (χ1v) is 9.11. The van der Waals surface area contributed by atoms with Crippen LogP contribution in [0.15, 0.2) is 36.5 Å². The largest absolute Gasteiger partial charge is 0.507 e. The number of aryl methyl sites for hydroxylation is 1. The van der Waals surface area contributed by atoms with Gasteiger partial charge in [-0.1, -0.05) is 0 Å². The zero-order chi connectivity index (χ0) is 21.4. The number of anilines is 1. The first kappa shape index (κ1) is 19.7. The number of hydrogen-bond acceptors (Lipinski definition) is 5. The predicted molar refractivity (Wildman–Crippen MR) is 101 cm³/mol. The molecule has 0 radical (unpaired) electrons. The van der Waals surface area contributed by atoms with Crippen LogP contribution < -0.4 is 10.1 Å². The minimum Gasteiger partial charge on any atom is -0.507 e. The number of aromatic hydroxyl groups is 1. The second-order valence-corrected chi connectivity index (χ2v) is 6.89. The van der Waals surface area contributed by atoms with Crippen LogP contribution in [-0.4, -0.2) is 32.4 Å². The van der Waals surface area contributed by atoms with E-state index in [0.29, 0.717) is 5.56 Å². The topological polar surface area (TPSA) is 89.3 Å². The van der Waals surface area contributed by atoms with E-state index >= 15 is 0 Å². The van der Waals surface area contributed by atoms with Crippen molar-refractivity contribution in [1.82, 2.24) is 14.8 Å². The summed E-state index contributed by atoms with van der Waals surface area (Å²) in [5, 5.41) is 17.1. The van der Waals surface area contributed by atoms with Crippen LogP contribution in [0.2, 0.25) is 0 Å². The van der Waals surface area contributed by atoms with Gasteiger partial charge in [-0.2, -0.15) is 13.9 Å². The van der Waals surface area contributed by atoms with Gasteiger partial charge in [0.05, 0.1) is 5.56 Å². The van der Waals surface area contributed by atoms with E-state index < -0.39 is 18.2 Å². The van der Waals surface area contributed by atoms with E-state index in [4.69, 9.17) is 0 Å². The first-order chi connectivity index (χ1) is 14.3. The third kappa shape index (κ3) is 3.93. The molecule has 4 rings (SSSR count). The molecule has 0 unspecified atom stereocenters. The highest BCUT2D eigenvalue weighted by Crippen LogP contribution is 2.42. The van der Waals surface area contributed by atoms with Gasteiger partial charge in [0.1, 0.15) is 23.1 Å². The molecule has 3 aromatic rings. The SMILES string of the molecule is Cn1nc(-c2ccc(F)cc2O)c(-c2ccnc(NC(=O)C3CC3)c2)c1OC(F)F. The van der Waals surface area contributed by atoms with Crippen molar-refractivity contribution in [3.8, 4) is 34.0 Å². The summed E-state index contributed by atoms with van der Waals surface area (Å²) in [7, 11) is 1.41. The number of halogens is 3. The molecule has 0 saturated heterocycles. The first-order valence-electron chi connectivity index (χ1n) is 9.11. The number of phenols is 1. The van der Waals surface area contributed by atoms with Crippen LogP contribution in [0.5, 0.6) is 11.6 Å². The number of pyridine rings is 1. The summed E-state index contributed by atoms with van der Waals surface area (Å²) in [6.45, 7) is -3.12. The highest BCUT2D eigenvalue weighted by atomic mass is 19.3. The van der Waals surface area contributed by atoms with Gasteiger partial charge < -0.3 is 15.2 Å². The van der Waals surface area contributed by atoms with Crippen molar-refractivity contribution < 1.29 is 27.8 Å². The quantitative estimate of drug-likeness (QED) is 0.633. The Bertz CT molecular complexity index is 1110. The fraction of sp³-hybridized carbons (Fsp3) is 0.250. The van der Waals surface area contributed by atoms with E-state index in [1.54, 1.807) is 0 Å². The molecule has 7 nitrogen and oxygen atoms in total. The molecular weight excluding hydrogens is 401 g/mol. The van der Waals surface area contributed by atoms with Gasteiger partial charge in [-0.15, -0.1) is 0 Å². The molecule has 0 aliphatic heterocycles. The van der Waals surface area contributed by atoms with Crippen molar-refractivity contribution in [1.29, 1.82) is 0 Å². The number of carbonyl (C=O) groups excluding carboxylic acids is 1. The third-order valence-electron chi connectivity index (χ3n) is 4.66. The zero-order valence-corrected chi connectivity index (χ0v) is 15.8. The van der Waals surface area contributed by atoms with Gasteiger partial charge in [0, 0.05) is 30.8 Å². The Morgan fingerprint density at radius 1 is 1.30 bits per heavy atom. The number of benzene rings is 1. The second-order valence-electron chi connectivity index (χ2n) is 6.89. The second kappa shape index (κ2) is 7.69. The Morgan fingerprint density at radius 3 is 2.73 bits per heavy atom. The van der Waals surface area contributed by atoms with Crippen LogP contribution >= 0.6 is 0 Å². The number of alkyl halides is 2. The Balaban J connectivity index is 1.83. The van der Waals surface area contributed by atoms with E-state index in [9.17, 15) is 23.1 Å². The van der Waals surface area contributed by atoms with Crippen molar-refractivity contribution in [2.45, 2.75) is 19.5 Å². The number of phenolic OH excluding ortho intramolecular Hbond substituents is 1. The Kier molecular flexibility index (Phi) is 5.06. The molecule has 1 aliphatic carbocycles. The number of rotatable bonds is 6. The lowest BCUT2D eigenvalue weighted by atomic mass is 10.0. The smallest absolute Gasteiger partial charge is 0.388 e. The summed E-state index contributed by atoms with van der Waals surface area (Å²) < 4.78 is 45.3. The Morgan fingerprint density at radius 2 is 2.07 bits per heavy atom. The van der Waals surface area contributed by atoms with Gasteiger partial charge in [0.15, 0.2) is 0 Å². The van der Waals surface area contributed by atoms with Crippen LogP contribution in [0.1, 0.15) is 12.8 Å². The summed E-state index contributed by atoms with van der Waals surface area (Å²) in [5.41, 5.74) is 0.755. The van der Waals surface area contributed by atoms with Crippen LogP contribution in [-0.2, 0) is 11.8 Å². The third-order valence-corrected chi connectivity index (χ3v) is 4.66. The normalized spacial score (nSPS) is 13.5. The fourth-order valence-electron chi connectivity index (χ4n) is 3.11. The number of amides is 1. The van der Waals surface area contributed by atoms with Crippen LogP contribution in [0, 0.1) is 11.7 Å². The number of aromatic nitrogens is 3. The Labute approximate surface area is 169 Å². The molecule has 10 heteroatoms. The van der Waals surface area contributed by atoms with Gasteiger partial charge in [0.25, 0.3) is 0 Å².